The molecule has 2 aromatic heterocycles. The summed E-state index contributed by atoms with van der Waals surface area (Å²) >= 11 is 1.61. The maximum atomic E-state index is 11.8. The van der Waals surface area contributed by atoms with Crippen LogP contribution in [0.5, 0.6) is 5.88 Å². The number of thiophene rings is 1. The molecule has 2 aromatic rings. The van der Waals surface area contributed by atoms with E-state index in [1.807, 2.05) is 22.9 Å². The van der Waals surface area contributed by atoms with E-state index in [0.29, 0.717) is 18.7 Å². The van der Waals surface area contributed by atoms with Crippen LogP contribution >= 0.6 is 11.3 Å². The summed E-state index contributed by atoms with van der Waals surface area (Å²) < 4.78 is 4.96. The molecule has 0 amide bonds. The fourth-order valence-electron chi connectivity index (χ4n) is 1.55. The molecule has 17 heavy (non-hydrogen) atoms. The lowest BCUT2D eigenvalue weighted by Gasteiger charge is -2.01. The predicted molar refractivity (Wildman–Crippen MR) is 67.5 cm³/mol. The smallest absolute Gasteiger partial charge is 0.212 e. The Labute approximate surface area is 104 Å². The van der Waals surface area contributed by atoms with Crippen LogP contribution in [0.3, 0.4) is 0 Å². The van der Waals surface area contributed by atoms with Crippen LogP contribution in [0.15, 0.2) is 35.2 Å². The molecule has 0 aliphatic rings. The number of carbonyl (C=O) groups is 1. The van der Waals surface area contributed by atoms with Crippen molar-refractivity contribution in [1.82, 2.24) is 4.98 Å². The summed E-state index contributed by atoms with van der Waals surface area (Å²) in [5.41, 5.74) is 2.01. The second-order valence-corrected chi connectivity index (χ2v) is 4.51. The zero-order valence-corrected chi connectivity index (χ0v) is 10.4. The van der Waals surface area contributed by atoms with Crippen LogP contribution in [-0.4, -0.2) is 17.9 Å². The average molecular weight is 247 g/mol. The van der Waals surface area contributed by atoms with Crippen LogP contribution in [-0.2, 0) is 17.6 Å². The number of pyridine rings is 1. The van der Waals surface area contributed by atoms with Gasteiger partial charge in [-0.2, -0.15) is 11.3 Å². The Morgan fingerprint density at radius 2 is 2.12 bits per heavy atom. The van der Waals surface area contributed by atoms with Gasteiger partial charge in [-0.05, 0) is 28.0 Å². The lowest BCUT2D eigenvalue weighted by atomic mass is 10.1. The zero-order valence-electron chi connectivity index (χ0n) is 9.55. The Kier molecular flexibility index (Phi) is 3.88. The highest BCUT2D eigenvalue weighted by atomic mass is 32.1. The second kappa shape index (κ2) is 5.59. The van der Waals surface area contributed by atoms with E-state index in [4.69, 9.17) is 4.74 Å². The predicted octanol–water partition coefficient (Wildman–Crippen LogP) is 2.51. The summed E-state index contributed by atoms with van der Waals surface area (Å²) in [4.78, 5) is 15.9. The molecule has 0 radical (unpaired) electrons. The number of ketones is 1. The molecule has 0 bridgehead atoms. The number of nitrogens with zero attached hydrogens (tertiary/aromatic N) is 1. The van der Waals surface area contributed by atoms with Crippen LogP contribution in [0.2, 0.25) is 0 Å². The van der Waals surface area contributed by atoms with Crippen LogP contribution in [0.4, 0.5) is 0 Å². The van der Waals surface area contributed by atoms with E-state index in [-0.39, 0.29) is 5.78 Å². The summed E-state index contributed by atoms with van der Waals surface area (Å²) in [6.07, 6.45) is 2.60. The third-order valence-corrected chi connectivity index (χ3v) is 3.12. The van der Waals surface area contributed by atoms with Crippen molar-refractivity contribution in [3.63, 3.8) is 0 Å². The van der Waals surface area contributed by atoms with E-state index in [1.54, 1.807) is 30.7 Å². The number of carbonyl (C=O) groups excluding carboxylic acids is 1. The van der Waals surface area contributed by atoms with Gasteiger partial charge in [0, 0.05) is 25.1 Å². The minimum absolute atomic E-state index is 0.204. The van der Waals surface area contributed by atoms with Crippen LogP contribution in [0, 0.1) is 0 Å². The first-order valence-corrected chi connectivity index (χ1v) is 6.24. The number of methoxy groups -OCH3 is 1. The normalized spacial score (nSPS) is 10.2. The molecule has 0 saturated carbocycles. The average Bonchev–Trinajstić information content (AvgIpc) is 2.82. The van der Waals surface area contributed by atoms with Crippen molar-refractivity contribution in [2.24, 2.45) is 0 Å². The van der Waals surface area contributed by atoms with Crippen molar-refractivity contribution in [3.8, 4) is 5.88 Å². The van der Waals surface area contributed by atoms with E-state index < -0.39 is 0 Å². The summed E-state index contributed by atoms with van der Waals surface area (Å²) in [6.45, 7) is 0. The zero-order chi connectivity index (χ0) is 12.1. The molecule has 2 rings (SSSR count). The van der Waals surface area contributed by atoms with Crippen molar-refractivity contribution in [2.75, 3.05) is 7.11 Å². The summed E-state index contributed by atoms with van der Waals surface area (Å²) in [5.74, 6) is 0.773. The number of aromatic nitrogens is 1. The molecule has 0 atom stereocenters. The second-order valence-electron chi connectivity index (χ2n) is 3.73. The van der Waals surface area contributed by atoms with Gasteiger partial charge in [0.2, 0.25) is 5.88 Å². The summed E-state index contributed by atoms with van der Waals surface area (Å²) in [5, 5.41) is 3.99. The van der Waals surface area contributed by atoms with Crippen molar-refractivity contribution in [1.29, 1.82) is 0 Å². The van der Waals surface area contributed by atoms with Crippen molar-refractivity contribution >= 4 is 17.1 Å². The molecular formula is C13H13NO2S. The van der Waals surface area contributed by atoms with Gasteiger partial charge in [0.25, 0.3) is 0 Å². The summed E-state index contributed by atoms with van der Waals surface area (Å²) in [6, 6.07) is 5.62. The fraction of sp³-hybridized carbons (Fsp3) is 0.231. The Balaban J connectivity index is 1.93. The van der Waals surface area contributed by atoms with Gasteiger partial charge < -0.3 is 4.74 Å². The molecule has 0 spiro atoms. The van der Waals surface area contributed by atoms with E-state index in [9.17, 15) is 4.79 Å². The maximum absolute atomic E-state index is 11.8. The largest absolute Gasteiger partial charge is 0.481 e. The Hall–Kier alpha value is -1.68. The van der Waals surface area contributed by atoms with Crippen LogP contribution in [0.25, 0.3) is 0 Å². The van der Waals surface area contributed by atoms with Gasteiger partial charge in [-0.1, -0.05) is 6.07 Å². The number of hydrogen-bond donors (Lipinski definition) is 0. The molecule has 0 aromatic carbocycles. The molecule has 0 N–H and O–H groups in total. The Morgan fingerprint density at radius 3 is 2.71 bits per heavy atom. The van der Waals surface area contributed by atoms with Gasteiger partial charge in [-0.3, -0.25) is 4.79 Å². The van der Waals surface area contributed by atoms with Crippen molar-refractivity contribution in [3.05, 3.63) is 46.3 Å². The van der Waals surface area contributed by atoms with Gasteiger partial charge in [-0.15, -0.1) is 0 Å². The highest BCUT2D eigenvalue weighted by molar-refractivity contribution is 7.07. The van der Waals surface area contributed by atoms with E-state index in [0.717, 1.165) is 11.1 Å². The van der Waals surface area contributed by atoms with Crippen LogP contribution < -0.4 is 4.74 Å². The lowest BCUT2D eigenvalue weighted by molar-refractivity contribution is -0.117. The standard InChI is InChI=1S/C13H13NO2S/c1-16-13-3-2-10(8-14-13)6-12(15)7-11-4-5-17-9-11/h2-5,8-9H,6-7H2,1H3. The molecule has 0 saturated heterocycles. The van der Waals surface area contributed by atoms with E-state index in [1.165, 1.54) is 0 Å². The highest BCUT2D eigenvalue weighted by Crippen LogP contribution is 2.11. The first-order valence-electron chi connectivity index (χ1n) is 5.29. The van der Waals surface area contributed by atoms with Crippen molar-refractivity contribution < 1.29 is 9.53 Å². The minimum Gasteiger partial charge on any atom is -0.481 e. The first kappa shape index (κ1) is 11.8. The number of Topliss-reactive ketones (excluding diaryl/α,β-unsaturated/α-hetero) is 1. The third kappa shape index (κ3) is 3.39. The Morgan fingerprint density at radius 1 is 1.29 bits per heavy atom. The molecule has 3 nitrogen and oxygen atoms in total. The molecule has 88 valence electrons. The number of ether oxygens (including phenoxy) is 1. The molecule has 0 aliphatic heterocycles. The number of hydrogen-bond acceptors (Lipinski definition) is 4. The van der Waals surface area contributed by atoms with Gasteiger partial charge >= 0.3 is 0 Å². The first-order chi connectivity index (χ1) is 8.28. The van der Waals surface area contributed by atoms with E-state index >= 15 is 0 Å². The molecule has 4 heteroatoms. The van der Waals surface area contributed by atoms with Crippen LogP contribution in [0.1, 0.15) is 11.1 Å². The molecule has 0 aliphatic carbocycles. The van der Waals surface area contributed by atoms with E-state index in [2.05, 4.69) is 4.98 Å². The quantitative estimate of drug-likeness (QED) is 0.815. The van der Waals surface area contributed by atoms with Crippen molar-refractivity contribution in [2.45, 2.75) is 12.8 Å². The molecule has 0 unspecified atom stereocenters. The highest BCUT2D eigenvalue weighted by Gasteiger charge is 2.06. The maximum Gasteiger partial charge on any atom is 0.212 e. The van der Waals surface area contributed by atoms with Gasteiger partial charge in [0.15, 0.2) is 0 Å². The fourth-order valence-corrected chi connectivity index (χ4v) is 2.22. The lowest BCUT2D eigenvalue weighted by Crippen LogP contribution is -2.06. The number of rotatable bonds is 5. The minimum atomic E-state index is 0.204. The van der Waals surface area contributed by atoms with Gasteiger partial charge in [0.05, 0.1) is 7.11 Å². The van der Waals surface area contributed by atoms with Gasteiger partial charge in [0.1, 0.15) is 5.78 Å². The monoisotopic (exact) mass is 247 g/mol. The molecular weight excluding hydrogens is 234 g/mol. The topological polar surface area (TPSA) is 39.2 Å². The molecule has 2 heterocycles. The third-order valence-electron chi connectivity index (χ3n) is 2.39. The Bertz CT molecular complexity index is 477. The SMILES string of the molecule is COc1ccc(CC(=O)Cc2ccsc2)cn1. The molecule has 0 fully saturated rings. The van der Waals surface area contributed by atoms with Gasteiger partial charge in [-0.25, -0.2) is 4.98 Å². The summed E-state index contributed by atoms with van der Waals surface area (Å²) in [7, 11) is 1.57.